The molecule has 2 nitrogen and oxygen atoms in total. The van der Waals surface area contributed by atoms with E-state index < -0.39 is 5.69 Å². The standard InChI is InChI=1S/C4H11O2PS2.Na/c1-3-5-7(8,9)6-4-2;/h3-4H2,1-2H3,(H,8,9);/q;+1/p-1. The van der Waals surface area contributed by atoms with E-state index in [0.29, 0.717) is 13.2 Å². The molecule has 0 radical (unpaired) electrons. The zero-order valence-electron chi connectivity index (χ0n) is 6.49. The van der Waals surface area contributed by atoms with E-state index in [0.717, 1.165) is 0 Å². The van der Waals surface area contributed by atoms with Crippen molar-refractivity contribution in [1.82, 2.24) is 0 Å². The second-order valence-electron chi connectivity index (χ2n) is 1.28. The zero-order chi connectivity index (χ0) is 7.33. The van der Waals surface area contributed by atoms with Gasteiger partial charge in [0.25, 0.3) is 0 Å². The Morgan fingerprint density at radius 1 is 1.30 bits per heavy atom. The first-order chi connectivity index (χ1) is 4.12. The minimum atomic E-state index is -2.28. The fraction of sp³-hybridized carbons (Fsp3) is 1.00. The van der Waals surface area contributed by atoms with Gasteiger partial charge in [0, 0.05) is 13.2 Å². The van der Waals surface area contributed by atoms with Crippen molar-refractivity contribution >= 4 is 29.7 Å². The Kier molecular flexibility index (Phi) is 10.9. The summed E-state index contributed by atoms with van der Waals surface area (Å²) in [7, 11) is 0. The first-order valence-corrected chi connectivity index (χ1v) is 6.37. The maximum atomic E-state index is 4.99. The summed E-state index contributed by atoms with van der Waals surface area (Å²) in [6, 6.07) is 0. The molecule has 10 heavy (non-hydrogen) atoms. The van der Waals surface area contributed by atoms with Gasteiger partial charge in [0.15, 0.2) is 0 Å². The molecule has 0 saturated heterocycles. The summed E-state index contributed by atoms with van der Waals surface area (Å²) < 4.78 is 9.98. The Labute approximate surface area is 94.7 Å². The first-order valence-electron chi connectivity index (χ1n) is 2.72. The fourth-order valence-corrected chi connectivity index (χ4v) is 2.33. The summed E-state index contributed by atoms with van der Waals surface area (Å²) in [6.45, 7) is 4.79. The van der Waals surface area contributed by atoms with E-state index >= 15 is 0 Å². The number of hydrogen-bond acceptors (Lipinski definition) is 4. The van der Waals surface area contributed by atoms with Crippen LogP contribution in [-0.2, 0) is 33.1 Å². The molecule has 0 saturated carbocycles. The van der Waals surface area contributed by atoms with Crippen LogP contribution in [0.2, 0.25) is 0 Å². The number of hydrogen-bond donors (Lipinski definition) is 0. The van der Waals surface area contributed by atoms with Crippen LogP contribution < -0.4 is 29.6 Å². The topological polar surface area (TPSA) is 18.5 Å². The Hall–Kier alpha value is 1.92. The van der Waals surface area contributed by atoms with Crippen LogP contribution in [0.5, 0.6) is 0 Å². The van der Waals surface area contributed by atoms with Crippen LogP contribution in [0.25, 0.3) is 0 Å². The van der Waals surface area contributed by atoms with Gasteiger partial charge in [0.2, 0.25) is 0 Å². The smallest absolute Gasteiger partial charge is 0.691 e. The van der Waals surface area contributed by atoms with Gasteiger partial charge in [-0.05, 0) is 13.8 Å². The van der Waals surface area contributed by atoms with Gasteiger partial charge in [-0.3, -0.25) is 0 Å². The first kappa shape index (κ1) is 14.4. The van der Waals surface area contributed by atoms with E-state index in [9.17, 15) is 0 Å². The van der Waals surface area contributed by atoms with Crippen molar-refractivity contribution in [1.29, 1.82) is 0 Å². The van der Waals surface area contributed by atoms with Gasteiger partial charge in [-0.2, -0.15) is 0 Å². The van der Waals surface area contributed by atoms with Gasteiger partial charge in [0.1, 0.15) is 0 Å². The van der Waals surface area contributed by atoms with Crippen LogP contribution in [0.3, 0.4) is 0 Å². The molecule has 0 bridgehead atoms. The van der Waals surface area contributed by atoms with E-state index in [2.05, 4.69) is 0 Å². The normalized spacial score (nSPS) is 10.7. The third kappa shape index (κ3) is 8.02. The summed E-state index contributed by atoms with van der Waals surface area (Å²) in [6.07, 6.45) is 0. The van der Waals surface area contributed by atoms with Crippen molar-refractivity contribution in [3.05, 3.63) is 0 Å². The minimum absolute atomic E-state index is 0. The Balaban J connectivity index is 0. The van der Waals surface area contributed by atoms with Crippen molar-refractivity contribution < 1.29 is 38.6 Å². The van der Waals surface area contributed by atoms with Crippen molar-refractivity contribution in [3.8, 4) is 0 Å². The summed E-state index contributed by atoms with van der Waals surface area (Å²) in [5, 5.41) is 0. The molecular formula is C4H10NaO2PS2. The average Bonchev–Trinajstić information content (AvgIpc) is 1.64. The van der Waals surface area contributed by atoms with Gasteiger partial charge in [0.05, 0.1) is 5.69 Å². The maximum absolute atomic E-state index is 4.99. The molecule has 0 aromatic rings. The van der Waals surface area contributed by atoms with E-state index in [1.54, 1.807) is 0 Å². The Bertz CT molecular complexity index is 112. The molecule has 0 amide bonds. The van der Waals surface area contributed by atoms with Gasteiger partial charge in [-0.25, -0.2) is 0 Å². The molecule has 0 aromatic carbocycles. The van der Waals surface area contributed by atoms with Crippen LogP contribution in [0.1, 0.15) is 13.8 Å². The molecule has 6 heteroatoms. The zero-order valence-corrected chi connectivity index (χ0v) is 11.0. The van der Waals surface area contributed by atoms with Crippen molar-refractivity contribution in [2.24, 2.45) is 0 Å². The predicted molar refractivity (Wildman–Crippen MR) is 44.9 cm³/mol. The molecule has 0 spiro atoms. The summed E-state index contributed by atoms with van der Waals surface area (Å²) >= 11 is 9.65. The molecule has 0 unspecified atom stereocenters. The van der Waals surface area contributed by atoms with E-state index in [4.69, 9.17) is 33.1 Å². The van der Waals surface area contributed by atoms with Gasteiger partial charge < -0.3 is 21.3 Å². The minimum Gasteiger partial charge on any atom is -0.691 e. The van der Waals surface area contributed by atoms with Crippen LogP contribution in [0.15, 0.2) is 0 Å². The summed E-state index contributed by atoms with van der Waals surface area (Å²) in [4.78, 5) is 0. The van der Waals surface area contributed by atoms with Crippen molar-refractivity contribution in [2.45, 2.75) is 13.8 Å². The largest absolute Gasteiger partial charge is 1.00 e. The summed E-state index contributed by atoms with van der Waals surface area (Å²) in [5.41, 5.74) is -2.28. The molecule has 0 N–H and O–H groups in total. The third-order valence-corrected chi connectivity index (χ3v) is 2.99. The quantitative estimate of drug-likeness (QED) is 0.329. The van der Waals surface area contributed by atoms with Crippen LogP contribution in [-0.4, -0.2) is 13.2 Å². The van der Waals surface area contributed by atoms with E-state index in [1.165, 1.54) is 0 Å². The van der Waals surface area contributed by atoms with E-state index in [-0.39, 0.29) is 29.6 Å². The summed E-state index contributed by atoms with van der Waals surface area (Å²) in [5.74, 6) is 0. The molecule has 0 aliphatic heterocycles. The SMILES string of the molecule is CCOP(=S)([S-])OCC.[Na+]. The monoisotopic (exact) mass is 208 g/mol. The third-order valence-electron chi connectivity index (χ3n) is 0.574. The number of rotatable bonds is 4. The van der Waals surface area contributed by atoms with Gasteiger partial charge >= 0.3 is 29.6 Å². The molecule has 56 valence electrons. The molecule has 0 aliphatic carbocycles. The molecule has 0 heterocycles. The second-order valence-corrected chi connectivity index (χ2v) is 6.27. The average molecular weight is 208 g/mol. The Morgan fingerprint density at radius 2 is 1.60 bits per heavy atom. The Morgan fingerprint density at radius 3 is 1.80 bits per heavy atom. The molecule has 0 fully saturated rings. The van der Waals surface area contributed by atoms with Crippen LogP contribution >= 0.6 is 5.69 Å². The van der Waals surface area contributed by atoms with Gasteiger partial charge in [-0.15, -0.1) is 0 Å². The van der Waals surface area contributed by atoms with Gasteiger partial charge in [-0.1, -0.05) is 11.8 Å². The van der Waals surface area contributed by atoms with E-state index in [1.807, 2.05) is 13.8 Å². The second kappa shape index (κ2) is 7.56. The maximum Gasteiger partial charge on any atom is 1.00 e. The van der Waals surface area contributed by atoms with Crippen molar-refractivity contribution in [3.63, 3.8) is 0 Å². The molecular weight excluding hydrogens is 198 g/mol. The molecule has 0 aliphatic rings. The molecule has 0 atom stereocenters. The van der Waals surface area contributed by atoms with Crippen LogP contribution in [0, 0.1) is 0 Å². The molecule has 0 rings (SSSR count). The predicted octanol–water partition coefficient (Wildman–Crippen LogP) is -1.17. The molecule has 0 aromatic heterocycles. The van der Waals surface area contributed by atoms with Crippen LogP contribution in [0.4, 0.5) is 0 Å². The fourth-order valence-electron chi connectivity index (χ4n) is 0.353. The van der Waals surface area contributed by atoms with Crippen molar-refractivity contribution in [2.75, 3.05) is 13.2 Å².